The molecule has 1 atom stereocenters. The molecule has 1 amide bonds. The maximum absolute atomic E-state index is 11.9. The number of piperidine rings is 1. The number of H-pyrrole nitrogens is 1. The van der Waals surface area contributed by atoms with Gasteiger partial charge in [-0.3, -0.25) is 9.89 Å². The summed E-state index contributed by atoms with van der Waals surface area (Å²) in [5.41, 5.74) is 0. The van der Waals surface area contributed by atoms with Crippen LogP contribution in [-0.2, 0) is 0 Å². The first kappa shape index (κ1) is 10.7. The molecule has 6 heteroatoms. The molecule has 0 aromatic carbocycles. The van der Waals surface area contributed by atoms with E-state index in [1.54, 1.807) is 0 Å². The Kier molecular flexibility index (Phi) is 2.80. The summed E-state index contributed by atoms with van der Waals surface area (Å²) in [4.78, 5) is 16.1. The highest BCUT2D eigenvalue weighted by molar-refractivity contribution is 5.90. The maximum atomic E-state index is 11.9. The Balaban J connectivity index is 1.59. The van der Waals surface area contributed by atoms with Gasteiger partial charge in [0.1, 0.15) is 5.82 Å². The molecule has 1 aliphatic heterocycles. The van der Waals surface area contributed by atoms with E-state index < -0.39 is 0 Å². The number of aromatic nitrogens is 3. The van der Waals surface area contributed by atoms with Crippen LogP contribution in [0.2, 0.25) is 0 Å². The molecule has 0 bridgehead atoms. The molecule has 0 radical (unpaired) electrons. The Morgan fingerprint density at radius 3 is 2.94 bits per heavy atom. The van der Waals surface area contributed by atoms with Crippen LogP contribution < -0.4 is 10.6 Å². The van der Waals surface area contributed by atoms with Crippen molar-refractivity contribution < 1.29 is 4.79 Å². The van der Waals surface area contributed by atoms with Gasteiger partial charge in [0.25, 0.3) is 5.91 Å². The van der Waals surface area contributed by atoms with Crippen molar-refractivity contribution in [2.75, 3.05) is 13.1 Å². The van der Waals surface area contributed by atoms with Crippen LogP contribution in [-0.4, -0.2) is 40.2 Å². The molecule has 2 fully saturated rings. The van der Waals surface area contributed by atoms with E-state index in [0.29, 0.717) is 5.92 Å². The molecule has 1 unspecified atom stereocenters. The summed E-state index contributed by atoms with van der Waals surface area (Å²) < 4.78 is 0. The van der Waals surface area contributed by atoms with Crippen LogP contribution in [0.3, 0.4) is 0 Å². The number of carbonyl (C=O) groups is 1. The summed E-state index contributed by atoms with van der Waals surface area (Å²) in [5, 5.41) is 13.0. The number of amides is 1. The highest BCUT2D eigenvalue weighted by atomic mass is 16.2. The van der Waals surface area contributed by atoms with Gasteiger partial charge in [-0.2, -0.15) is 0 Å². The molecule has 1 aliphatic carbocycles. The molecular formula is C11H17N5O. The van der Waals surface area contributed by atoms with Crippen LogP contribution in [0.5, 0.6) is 0 Å². The van der Waals surface area contributed by atoms with E-state index in [4.69, 9.17) is 0 Å². The minimum absolute atomic E-state index is 0.165. The lowest BCUT2D eigenvalue weighted by molar-refractivity contribution is 0.0920. The van der Waals surface area contributed by atoms with E-state index in [1.807, 2.05) is 0 Å². The molecule has 2 heterocycles. The van der Waals surface area contributed by atoms with Crippen molar-refractivity contribution in [2.24, 2.45) is 0 Å². The summed E-state index contributed by atoms with van der Waals surface area (Å²) in [6.07, 6.45) is 4.44. The summed E-state index contributed by atoms with van der Waals surface area (Å²) in [6.45, 7) is 1.88. The van der Waals surface area contributed by atoms with Crippen LogP contribution in [0.15, 0.2) is 0 Å². The van der Waals surface area contributed by atoms with E-state index in [0.717, 1.165) is 44.6 Å². The average molecular weight is 235 g/mol. The number of rotatable bonds is 3. The fourth-order valence-electron chi connectivity index (χ4n) is 2.14. The largest absolute Gasteiger partial charge is 0.345 e. The van der Waals surface area contributed by atoms with E-state index in [1.165, 1.54) is 0 Å². The number of hydrogen-bond donors (Lipinski definition) is 3. The van der Waals surface area contributed by atoms with Crippen molar-refractivity contribution in [3.8, 4) is 0 Å². The van der Waals surface area contributed by atoms with E-state index >= 15 is 0 Å². The first-order chi connectivity index (χ1) is 8.33. The van der Waals surface area contributed by atoms with Crippen molar-refractivity contribution in [3.63, 3.8) is 0 Å². The van der Waals surface area contributed by atoms with Gasteiger partial charge in [0.15, 0.2) is 0 Å². The van der Waals surface area contributed by atoms with Crippen molar-refractivity contribution >= 4 is 5.91 Å². The van der Waals surface area contributed by atoms with Crippen LogP contribution in [0, 0.1) is 0 Å². The summed E-state index contributed by atoms with van der Waals surface area (Å²) in [7, 11) is 0. The summed E-state index contributed by atoms with van der Waals surface area (Å²) >= 11 is 0. The number of nitrogens with one attached hydrogen (secondary N) is 3. The van der Waals surface area contributed by atoms with Crippen LogP contribution in [0.25, 0.3) is 0 Å². The Hall–Kier alpha value is -1.43. The van der Waals surface area contributed by atoms with Crippen molar-refractivity contribution in [1.82, 2.24) is 25.8 Å². The van der Waals surface area contributed by atoms with E-state index in [2.05, 4.69) is 25.8 Å². The summed E-state index contributed by atoms with van der Waals surface area (Å²) in [6, 6.07) is 0.208. The van der Waals surface area contributed by atoms with Gasteiger partial charge in [-0.05, 0) is 32.2 Å². The average Bonchev–Trinajstić information content (AvgIpc) is 3.08. The van der Waals surface area contributed by atoms with Crippen molar-refractivity contribution in [1.29, 1.82) is 0 Å². The third-order valence-corrected chi connectivity index (χ3v) is 3.30. The molecule has 1 saturated carbocycles. The zero-order chi connectivity index (χ0) is 11.7. The van der Waals surface area contributed by atoms with Gasteiger partial charge in [0, 0.05) is 18.5 Å². The van der Waals surface area contributed by atoms with Gasteiger partial charge in [-0.25, -0.2) is 4.98 Å². The molecule has 3 N–H and O–H groups in total. The summed E-state index contributed by atoms with van der Waals surface area (Å²) in [5.74, 6) is 1.47. The number of hydrogen-bond acceptors (Lipinski definition) is 4. The van der Waals surface area contributed by atoms with Gasteiger partial charge in [0.05, 0.1) is 0 Å². The topological polar surface area (TPSA) is 82.7 Å². The van der Waals surface area contributed by atoms with E-state index in [-0.39, 0.29) is 17.8 Å². The molecule has 1 aromatic heterocycles. The standard InChI is InChI=1S/C11H17N5O/c17-11(13-8-2-1-5-12-6-8)10-14-9(15-16-10)7-3-4-7/h7-8,12H,1-6H2,(H,13,17)(H,14,15,16). The molecule has 2 aliphatic rings. The first-order valence-corrected chi connectivity index (χ1v) is 6.27. The Morgan fingerprint density at radius 1 is 1.35 bits per heavy atom. The van der Waals surface area contributed by atoms with Gasteiger partial charge in [-0.1, -0.05) is 0 Å². The van der Waals surface area contributed by atoms with Gasteiger partial charge >= 0.3 is 0 Å². The van der Waals surface area contributed by atoms with E-state index in [9.17, 15) is 4.79 Å². The second kappa shape index (κ2) is 4.44. The molecular weight excluding hydrogens is 218 g/mol. The lowest BCUT2D eigenvalue weighted by Gasteiger charge is -2.23. The minimum atomic E-state index is -0.165. The highest BCUT2D eigenvalue weighted by Crippen LogP contribution is 2.37. The third kappa shape index (κ3) is 2.46. The lowest BCUT2D eigenvalue weighted by Crippen LogP contribution is -2.45. The molecule has 92 valence electrons. The number of aromatic amines is 1. The smallest absolute Gasteiger partial charge is 0.291 e. The van der Waals surface area contributed by atoms with Crippen molar-refractivity contribution in [3.05, 3.63) is 11.6 Å². The third-order valence-electron chi connectivity index (χ3n) is 3.30. The molecule has 1 saturated heterocycles. The minimum Gasteiger partial charge on any atom is -0.345 e. The zero-order valence-electron chi connectivity index (χ0n) is 9.70. The second-order valence-corrected chi connectivity index (χ2v) is 4.84. The second-order valence-electron chi connectivity index (χ2n) is 4.84. The Labute approximate surface area is 99.6 Å². The monoisotopic (exact) mass is 235 g/mol. The van der Waals surface area contributed by atoms with Gasteiger partial charge in [-0.15, -0.1) is 5.10 Å². The molecule has 0 spiro atoms. The zero-order valence-corrected chi connectivity index (χ0v) is 9.70. The predicted octanol–water partition coefficient (Wildman–Crippen LogP) is 0.164. The molecule has 1 aromatic rings. The molecule has 17 heavy (non-hydrogen) atoms. The lowest BCUT2D eigenvalue weighted by atomic mass is 10.1. The van der Waals surface area contributed by atoms with Crippen LogP contribution >= 0.6 is 0 Å². The normalized spacial score (nSPS) is 24.6. The Bertz CT molecular complexity index is 406. The van der Waals surface area contributed by atoms with Crippen LogP contribution in [0.4, 0.5) is 0 Å². The fourth-order valence-corrected chi connectivity index (χ4v) is 2.14. The van der Waals surface area contributed by atoms with Crippen LogP contribution in [0.1, 0.15) is 48.0 Å². The predicted molar refractivity (Wildman–Crippen MR) is 61.7 cm³/mol. The van der Waals surface area contributed by atoms with Crippen molar-refractivity contribution in [2.45, 2.75) is 37.6 Å². The first-order valence-electron chi connectivity index (χ1n) is 6.27. The Morgan fingerprint density at radius 2 is 2.24 bits per heavy atom. The van der Waals surface area contributed by atoms with Gasteiger partial charge in [0.2, 0.25) is 5.82 Å². The number of nitrogens with zero attached hydrogens (tertiary/aromatic N) is 2. The fraction of sp³-hybridized carbons (Fsp3) is 0.727. The maximum Gasteiger partial charge on any atom is 0.291 e. The highest BCUT2D eigenvalue weighted by Gasteiger charge is 2.28. The van der Waals surface area contributed by atoms with Gasteiger partial charge < -0.3 is 10.6 Å². The quantitative estimate of drug-likeness (QED) is 0.697. The molecule has 3 rings (SSSR count). The SMILES string of the molecule is O=C(NC1CCCNC1)c1n[nH]c(C2CC2)n1. The number of carbonyl (C=O) groups excluding carboxylic acids is 1. The molecule has 6 nitrogen and oxygen atoms in total.